The predicted molar refractivity (Wildman–Crippen MR) is 70.2 cm³/mol. The number of carbonyl (C=O) groups excluding carboxylic acids is 1. The number of hydrogen-bond donors (Lipinski definition) is 0. The van der Waals surface area contributed by atoms with Crippen LogP contribution in [0.15, 0.2) is 22.7 Å². The number of esters is 1. The molecule has 2 nitrogen and oxygen atoms in total. The van der Waals surface area contributed by atoms with Crippen LogP contribution in [0.2, 0.25) is 0 Å². The van der Waals surface area contributed by atoms with E-state index in [-0.39, 0.29) is 5.97 Å². The van der Waals surface area contributed by atoms with Crippen molar-refractivity contribution >= 4 is 43.3 Å². The number of benzene rings is 1. The summed E-state index contributed by atoms with van der Waals surface area (Å²) >= 11 is 4.95. The van der Waals surface area contributed by atoms with Crippen LogP contribution in [-0.2, 0) is 4.74 Å². The Balaban J connectivity index is 2.61. The van der Waals surface area contributed by atoms with Crippen LogP contribution in [-0.4, -0.2) is 12.6 Å². The zero-order valence-corrected chi connectivity index (χ0v) is 11.4. The van der Waals surface area contributed by atoms with E-state index in [4.69, 9.17) is 4.74 Å². The standard InChI is InChI=1S/C12H11BrO2S/c1-3-15-12(14)11-10(13)9-7(2)5-4-6-8(9)16-11/h4-6H,3H2,1-2H3. The smallest absolute Gasteiger partial charge is 0.349 e. The first kappa shape index (κ1) is 11.6. The summed E-state index contributed by atoms with van der Waals surface area (Å²) in [6.07, 6.45) is 0. The average molecular weight is 299 g/mol. The van der Waals surface area contributed by atoms with E-state index in [1.165, 1.54) is 11.3 Å². The van der Waals surface area contributed by atoms with E-state index in [2.05, 4.69) is 15.9 Å². The lowest BCUT2D eigenvalue weighted by Crippen LogP contribution is -2.02. The van der Waals surface area contributed by atoms with Gasteiger partial charge < -0.3 is 4.74 Å². The molecule has 0 unspecified atom stereocenters. The maximum absolute atomic E-state index is 11.7. The number of halogens is 1. The molecule has 0 spiro atoms. The number of thiophene rings is 1. The quantitative estimate of drug-likeness (QED) is 0.779. The van der Waals surface area contributed by atoms with Crippen molar-refractivity contribution in [3.8, 4) is 0 Å². The first-order chi connectivity index (χ1) is 7.65. The minimum atomic E-state index is -0.255. The van der Waals surface area contributed by atoms with Gasteiger partial charge >= 0.3 is 5.97 Å². The molecule has 0 saturated heterocycles. The van der Waals surface area contributed by atoms with Crippen molar-refractivity contribution in [3.05, 3.63) is 33.1 Å². The van der Waals surface area contributed by atoms with Crippen molar-refractivity contribution in [2.75, 3.05) is 6.61 Å². The second-order valence-corrected chi connectivity index (χ2v) is 5.26. The number of aryl methyl sites for hydroxylation is 1. The summed E-state index contributed by atoms with van der Waals surface area (Å²) in [4.78, 5) is 12.3. The maximum atomic E-state index is 11.7. The van der Waals surface area contributed by atoms with Gasteiger partial charge in [0.2, 0.25) is 0 Å². The number of ether oxygens (including phenoxy) is 1. The first-order valence-electron chi connectivity index (χ1n) is 5.00. The Hall–Kier alpha value is -0.870. The molecule has 0 aliphatic carbocycles. The number of carbonyl (C=O) groups is 1. The van der Waals surface area contributed by atoms with Crippen LogP contribution in [0, 0.1) is 6.92 Å². The van der Waals surface area contributed by atoms with Gasteiger partial charge in [-0.15, -0.1) is 11.3 Å². The van der Waals surface area contributed by atoms with Gasteiger partial charge in [-0.2, -0.15) is 0 Å². The lowest BCUT2D eigenvalue weighted by Gasteiger charge is -1.99. The Labute approximate surface area is 106 Å². The normalized spacial score (nSPS) is 10.7. The molecule has 1 aromatic heterocycles. The predicted octanol–water partition coefficient (Wildman–Crippen LogP) is 4.15. The fourth-order valence-electron chi connectivity index (χ4n) is 1.60. The summed E-state index contributed by atoms with van der Waals surface area (Å²) in [5.74, 6) is -0.255. The summed E-state index contributed by atoms with van der Waals surface area (Å²) < 4.78 is 6.98. The highest BCUT2D eigenvalue weighted by Crippen LogP contribution is 2.37. The van der Waals surface area contributed by atoms with Crippen molar-refractivity contribution in [3.63, 3.8) is 0 Å². The van der Waals surface area contributed by atoms with E-state index in [1.54, 1.807) is 0 Å². The van der Waals surface area contributed by atoms with E-state index in [0.717, 1.165) is 20.1 Å². The Morgan fingerprint density at radius 2 is 2.25 bits per heavy atom. The van der Waals surface area contributed by atoms with E-state index < -0.39 is 0 Å². The second kappa shape index (κ2) is 4.55. The Morgan fingerprint density at radius 3 is 2.88 bits per heavy atom. The Kier molecular flexibility index (Phi) is 3.30. The van der Waals surface area contributed by atoms with Crippen molar-refractivity contribution in [2.45, 2.75) is 13.8 Å². The molecule has 0 fully saturated rings. The Morgan fingerprint density at radius 1 is 1.50 bits per heavy atom. The molecule has 0 aliphatic rings. The topological polar surface area (TPSA) is 26.3 Å². The van der Waals surface area contributed by atoms with Crippen LogP contribution >= 0.6 is 27.3 Å². The van der Waals surface area contributed by atoms with Gasteiger partial charge in [-0.3, -0.25) is 0 Å². The number of hydrogen-bond acceptors (Lipinski definition) is 3. The van der Waals surface area contributed by atoms with E-state index in [1.807, 2.05) is 32.0 Å². The van der Waals surface area contributed by atoms with E-state index in [0.29, 0.717) is 11.5 Å². The zero-order chi connectivity index (χ0) is 11.7. The van der Waals surface area contributed by atoms with Crippen LogP contribution in [0.5, 0.6) is 0 Å². The lowest BCUT2D eigenvalue weighted by atomic mass is 10.1. The molecule has 0 N–H and O–H groups in total. The third-order valence-electron chi connectivity index (χ3n) is 2.33. The van der Waals surface area contributed by atoms with Gasteiger partial charge in [-0.25, -0.2) is 4.79 Å². The molecule has 2 aromatic rings. The van der Waals surface area contributed by atoms with Gasteiger partial charge in [0, 0.05) is 10.1 Å². The average Bonchev–Trinajstić information content (AvgIpc) is 2.58. The molecular weight excluding hydrogens is 288 g/mol. The summed E-state index contributed by atoms with van der Waals surface area (Å²) in [6, 6.07) is 6.05. The molecule has 0 atom stereocenters. The molecule has 0 amide bonds. The summed E-state index contributed by atoms with van der Waals surface area (Å²) in [5.41, 5.74) is 1.16. The summed E-state index contributed by atoms with van der Waals surface area (Å²) in [5, 5.41) is 1.11. The third kappa shape index (κ3) is 1.87. The fraction of sp³-hybridized carbons (Fsp3) is 0.250. The summed E-state index contributed by atoms with van der Waals surface area (Å²) in [7, 11) is 0. The molecule has 1 heterocycles. The first-order valence-corrected chi connectivity index (χ1v) is 6.60. The van der Waals surface area contributed by atoms with Crippen molar-refractivity contribution < 1.29 is 9.53 Å². The molecule has 16 heavy (non-hydrogen) atoms. The van der Waals surface area contributed by atoms with Gasteiger partial charge in [0.15, 0.2) is 0 Å². The van der Waals surface area contributed by atoms with Crippen molar-refractivity contribution in [1.29, 1.82) is 0 Å². The molecule has 4 heteroatoms. The number of fused-ring (bicyclic) bond motifs is 1. The van der Waals surface area contributed by atoms with Gasteiger partial charge in [0.05, 0.1) is 11.1 Å². The van der Waals surface area contributed by atoms with Crippen LogP contribution in [0.4, 0.5) is 0 Å². The molecule has 0 bridgehead atoms. The van der Waals surface area contributed by atoms with E-state index >= 15 is 0 Å². The van der Waals surface area contributed by atoms with Crippen LogP contribution in [0.25, 0.3) is 10.1 Å². The molecule has 2 rings (SSSR count). The monoisotopic (exact) mass is 298 g/mol. The largest absolute Gasteiger partial charge is 0.462 e. The molecule has 0 aliphatic heterocycles. The van der Waals surface area contributed by atoms with Crippen molar-refractivity contribution in [2.24, 2.45) is 0 Å². The highest BCUT2D eigenvalue weighted by atomic mass is 79.9. The molecule has 84 valence electrons. The molecule has 0 radical (unpaired) electrons. The SMILES string of the molecule is CCOC(=O)c1sc2cccc(C)c2c1Br. The lowest BCUT2D eigenvalue weighted by molar-refractivity contribution is 0.0531. The van der Waals surface area contributed by atoms with Crippen molar-refractivity contribution in [1.82, 2.24) is 0 Å². The van der Waals surface area contributed by atoms with Gasteiger partial charge in [-0.1, -0.05) is 12.1 Å². The highest BCUT2D eigenvalue weighted by Gasteiger charge is 2.18. The van der Waals surface area contributed by atoms with Gasteiger partial charge in [-0.05, 0) is 41.4 Å². The Bertz CT molecular complexity index is 545. The minimum absolute atomic E-state index is 0.255. The zero-order valence-electron chi connectivity index (χ0n) is 9.04. The molecule has 0 saturated carbocycles. The summed E-state index contributed by atoms with van der Waals surface area (Å²) in [6.45, 7) is 4.25. The van der Waals surface area contributed by atoms with Gasteiger partial charge in [0.1, 0.15) is 4.88 Å². The molecule has 1 aromatic carbocycles. The van der Waals surface area contributed by atoms with Crippen LogP contribution in [0.3, 0.4) is 0 Å². The highest BCUT2D eigenvalue weighted by molar-refractivity contribution is 9.10. The number of rotatable bonds is 2. The van der Waals surface area contributed by atoms with Crippen LogP contribution < -0.4 is 0 Å². The fourth-order valence-corrected chi connectivity index (χ4v) is 3.73. The van der Waals surface area contributed by atoms with Crippen LogP contribution in [0.1, 0.15) is 22.2 Å². The van der Waals surface area contributed by atoms with Gasteiger partial charge in [0.25, 0.3) is 0 Å². The minimum Gasteiger partial charge on any atom is -0.462 e. The second-order valence-electron chi connectivity index (χ2n) is 3.41. The molecular formula is C12H11BrO2S. The maximum Gasteiger partial charge on any atom is 0.349 e. The third-order valence-corrected chi connectivity index (χ3v) is 4.52. The van der Waals surface area contributed by atoms with E-state index in [9.17, 15) is 4.79 Å².